The van der Waals surface area contributed by atoms with Crippen molar-refractivity contribution in [2.24, 2.45) is 0 Å². The minimum absolute atomic E-state index is 0.0198. The molecule has 0 saturated carbocycles. The van der Waals surface area contributed by atoms with Crippen molar-refractivity contribution in [3.8, 4) is 5.75 Å². The van der Waals surface area contributed by atoms with Crippen molar-refractivity contribution in [2.45, 2.75) is 44.2 Å². The lowest BCUT2D eigenvalue weighted by Gasteiger charge is -2.25. The zero-order valence-electron chi connectivity index (χ0n) is 12.3. The van der Waals surface area contributed by atoms with Crippen LogP contribution in [0.15, 0.2) is 18.2 Å². The summed E-state index contributed by atoms with van der Waals surface area (Å²) in [5.41, 5.74) is 0.698. The molecule has 0 radical (unpaired) electrons. The molecular formula is C16H24FNO2. The summed E-state index contributed by atoms with van der Waals surface area (Å²) < 4.78 is 24.9. The molecule has 1 heterocycles. The Hall–Kier alpha value is -1.13. The number of benzene rings is 1. The van der Waals surface area contributed by atoms with Crippen LogP contribution in [0.1, 0.15) is 43.7 Å². The Morgan fingerprint density at radius 2 is 2.30 bits per heavy atom. The van der Waals surface area contributed by atoms with Gasteiger partial charge in [0.05, 0.1) is 13.2 Å². The van der Waals surface area contributed by atoms with Gasteiger partial charge in [-0.2, -0.15) is 0 Å². The molecule has 3 nitrogen and oxygen atoms in total. The van der Waals surface area contributed by atoms with Crippen LogP contribution in [0.25, 0.3) is 0 Å². The van der Waals surface area contributed by atoms with Crippen LogP contribution in [0.2, 0.25) is 0 Å². The molecule has 2 atom stereocenters. The molecule has 112 valence electrons. The predicted molar refractivity (Wildman–Crippen MR) is 77.6 cm³/mol. The normalized spacial score (nSPS) is 20.6. The molecule has 0 spiro atoms. The zero-order chi connectivity index (χ0) is 14.4. The van der Waals surface area contributed by atoms with E-state index in [1.165, 1.54) is 18.9 Å². The van der Waals surface area contributed by atoms with E-state index in [1.807, 2.05) is 7.05 Å². The van der Waals surface area contributed by atoms with Gasteiger partial charge >= 0.3 is 0 Å². The molecule has 4 heteroatoms. The molecule has 20 heavy (non-hydrogen) atoms. The third-order valence-corrected chi connectivity index (χ3v) is 3.98. The summed E-state index contributed by atoms with van der Waals surface area (Å²) in [5, 5.41) is 3.20. The highest BCUT2D eigenvalue weighted by atomic mass is 19.1. The van der Waals surface area contributed by atoms with Gasteiger partial charge in [-0.05, 0) is 45.2 Å². The van der Waals surface area contributed by atoms with Gasteiger partial charge in [-0.25, -0.2) is 4.39 Å². The smallest absolute Gasteiger partial charge is 0.131 e. The molecule has 1 aromatic carbocycles. The average molecular weight is 281 g/mol. The van der Waals surface area contributed by atoms with Crippen LogP contribution in [0.3, 0.4) is 0 Å². The number of ether oxygens (including phenoxy) is 2. The number of halogens is 1. The van der Waals surface area contributed by atoms with Gasteiger partial charge in [0.25, 0.3) is 0 Å². The molecule has 0 bridgehead atoms. The average Bonchev–Trinajstić information content (AvgIpc) is 2.50. The SMILES string of the molecule is CNC(CCC1CCCCO1)c1ccc(OC)cc1F. The van der Waals surface area contributed by atoms with Crippen molar-refractivity contribution in [1.82, 2.24) is 5.32 Å². The lowest BCUT2D eigenvalue weighted by molar-refractivity contribution is 0.00860. The first-order chi connectivity index (χ1) is 9.74. The van der Waals surface area contributed by atoms with E-state index in [9.17, 15) is 4.39 Å². The molecule has 1 aliphatic heterocycles. The highest BCUT2D eigenvalue weighted by molar-refractivity contribution is 5.30. The Morgan fingerprint density at radius 1 is 1.45 bits per heavy atom. The summed E-state index contributed by atoms with van der Waals surface area (Å²) in [6.45, 7) is 0.867. The van der Waals surface area contributed by atoms with Crippen molar-refractivity contribution in [1.29, 1.82) is 0 Å². The molecular weight excluding hydrogens is 257 g/mol. The van der Waals surface area contributed by atoms with Crippen molar-refractivity contribution >= 4 is 0 Å². The van der Waals surface area contributed by atoms with E-state index in [-0.39, 0.29) is 11.9 Å². The fourth-order valence-electron chi connectivity index (χ4n) is 2.76. The lowest BCUT2D eigenvalue weighted by Crippen LogP contribution is -2.23. The Morgan fingerprint density at radius 3 is 2.90 bits per heavy atom. The first-order valence-corrected chi connectivity index (χ1v) is 7.37. The van der Waals surface area contributed by atoms with E-state index in [2.05, 4.69) is 5.32 Å². The van der Waals surface area contributed by atoms with Crippen molar-refractivity contribution in [3.05, 3.63) is 29.6 Å². The second-order valence-corrected chi connectivity index (χ2v) is 5.29. The van der Waals surface area contributed by atoms with Gasteiger partial charge in [0.1, 0.15) is 11.6 Å². The van der Waals surface area contributed by atoms with Crippen LogP contribution >= 0.6 is 0 Å². The highest BCUT2D eigenvalue weighted by Gasteiger charge is 2.19. The number of methoxy groups -OCH3 is 1. The van der Waals surface area contributed by atoms with Crippen LogP contribution in [-0.2, 0) is 4.74 Å². The van der Waals surface area contributed by atoms with Gasteiger partial charge < -0.3 is 14.8 Å². The standard InChI is InChI=1S/C16H24FNO2/c1-18-16(9-7-12-5-3-4-10-20-12)14-8-6-13(19-2)11-15(14)17/h6,8,11-12,16,18H,3-5,7,9-10H2,1-2H3. The Balaban J connectivity index is 1.96. The van der Waals surface area contributed by atoms with Gasteiger partial charge in [0.15, 0.2) is 0 Å². The van der Waals surface area contributed by atoms with E-state index in [0.29, 0.717) is 17.4 Å². The van der Waals surface area contributed by atoms with Gasteiger partial charge in [-0.15, -0.1) is 0 Å². The van der Waals surface area contributed by atoms with Crippen LogP contribution in [0.4, 0.5) is 4.39 Å². The Bertz CT molecular complexity index is 419. The van der Waals surface area contributed by atoms with Crippen LogP contribution in [-0.4, -0.2) is 26.9 Å². The summed E-state index contributed by atoms with van der Waals surface area (Å²) >= 11 is 0. The maximum absolute atomic E-state index is 14.1. The Labute approximate surface area is 120 Å². The third kappa shape index (κ3) is 3.93. The minimum Gasteiger partial charge on any atom is -0.497 e. The van der Waals surface area contributed by atoms with E-state index in [1.54, 1.807) is 19.2 Å². The molecule has 1 aliphatic rings. The third-order valence-electron chi connectivity index (χ3n) is 3.98. The van der Waals surface area contributed by atoms with E-state index < -0.39 is 0 Å². The van der Waals surface area contributed by atoms with Crippen molar-refractivity contribution < 1.29 is 13.9 Å². The van der Waals surface area contributed by atoms with Crippen LogP contribution < -0.4 is 10.1 Å². The molecule has 2 unspecified atom stereocenters. The topological polar surface area (TPSA) is 30.5 Å². The van der Waals surface area contributed by atoms with Gasteiger partial charge in [-0.1, -0.05) is 6.07 Å². The number of rotatable bonds is 6. The summed E-state index contributed by atoms with van der Waals surface area (Å²) in [5.74, 6) is 0.338. The molecule has 1 saturated heterocycles. The minimum atomic E-state index is -0.215. The first kappa shape index (κ1) is 15.3. The lowest BCUT2D eigenvalue weighted by atomic mass is 9.97. The number of nitrogens with one attached hydrogen (secondary N) is 1. The Kier molecular flexibility index (Phi) is 5.80. The molecule has 0 aromatic heterocycles. The van der Waals surface area contributed by atoms with E-state index in [0.717, 1.165) is 25.9 Å². The fraction of sp³-hybridized carbons (Fsp3) is 0.625. The summed E-state index contributed by atoms with van der Waals surface area (Å²) in [6.07, 6.45) is 5.72. The predicted octanol–water partition coefficient (Wildman–Crippen LogP) is 3.44. The van der Waals surface area contributed by atoms with E-state index in [4.69, 9.17) is 9.47 Å². The number of hydrogen-bond acceptors (Lipinski definition) is 3. The van der Waals surface area contributed by atoms with Crippen LogP contribution in [0.5, 0.6) is 5.75 Å². The molecule has 1 aromatic rings. The second-order valence-electron chi connectivity index (χ2n) is 5.29. The number of hydrogen-bond donors (Lipinski definition) is 1. The first-order valence-electron chi connectivity index (χ1n) is 7.37. The van der Waals surface area contributed by atoms with Gasteiger partial charge in [-0.3, -0.25) is 0 Å². The quantitative estimate of drug-likeness (QED) is 0.866. The molecule has 1 fully saturated rings. The largest absolute Gasteiger partial charge is 0.497 e. The molecule has 0 aliphatic carbocycles. The summed E-state index contributed by atoms with van der Waals surface area (Å²) in [6, 6.07) is 5.07. The zero-order valence-corrected chi connectivity index (χ0v) is 12.3. The maximum atomic E-state index is 14.1. The monoisotopic (exact) mass is 281 g/mol. The van der Waals surface area contributed by atoms with Gasteiger partial charge in [0, 0.05) is 24.3 Å². The fourth-order valence-corrected chi connectivity index (χ4v) is 2.76. The molecule has 0 amide bonds. The van der Waals surface area contributed by atoms with E-state index >= 15 is 0 Å². The van der Waals surface area contributed by atoms with Crippen LogP contribution in [0, 0.1) is 5.82 Å². The van der Waals surface area contributed by atoms with Crippen molar-refractivity contribution in [3.63, 3.8) is 0 Å². The second kappa shape index (κ2) is 7.60. The summed E-state index contributed by atoms with van der Waals surface area (Å²) in [7, 11) is 3.42. The summed E-state index contributed by atoms with van der Waals surface area (Å²) in [4.78, 5) is 0. The van der Waals surface area contributed by atoms with Gasteiger partial charge in [0.2, 0.25) is 0 Å². The highest BCUT2D eigenvalue weighted by Crippen LogP contribution is 2.27. The molecule has 2 rings (SSSR count). The van der Waals surface area contributed by atoms with Crippen molar-refractivity contribution in [2.75, 3.05) is 20.8 Å². The maximum Gasteiger partial charge on any atom is 0.131 e. The molecule has 1 N–H and O–H groups in total.